The Kier molecular flexibility index (Phi) is 2.74. The van der Waals surface area contributed by atoms with Crippen molar-refractivity contribution in [2.75, 3.05) is 0 Å². The molecule has 3 aromatic rings. The lowest BCUT2D eigenvalue weighted by atomic mass is 10.2. The first-order valence-corrected chi connectivity index (χ1v) is 6.14. The molecule has 0 aromatic carbocycles. The molecular weight excluding hydrogens is 256 g/mol. The monoisotopic (exact) mass is 270 g/mol. The first-order chi connectivity index (χ1) is 9.54. The van der Waals surface area contributed by atoms with E-state index in [1.54, 1.807) is 21.8 Å². The summed E-state index contributed by atoms with van der Waals surface area (Å²) < 4.78 is 3.42. The van der Waals surface area contributed by atoms with E-state index in [0.717, 1.165) is 16.8 Å². The normalized spacial score (nSPS) is 10.9. The van der Waals surface area contributed by atoms with Crippen molar-refractivity contribution in [3.63, 3.8) is 0 Å². The molecule has 3 aromatic heterocycles. The van der Waals surface area contributed by atoms with Gasteiger partial charge in [-0.25, -0.2) is 4.98 Å². The topological polar surface area (TPSA) is 81.4 Å². The fourth-order valence-electron chi connectivity index (χ4n) is 2.02. The summed E-state index contributed by atoms with van der Waals surface area (Å²) in [5.41, 5.74) is 2.96. The molecule has 0 saturated heterocycles. The maximum Gasteiger partial charge on any atom is 0.251 e. The minimum Gasteiger partial charge on any atom is -0.306 e. The van der Waals surface area contributed by atoms with Crippen LogP contribution in [0.3, 0.4) is 0 Å². The number of nitrogens with one attached hydrogen (secondary N) is 1. The Bertz CT molecular complexity index is 826. The first kappa shape index (κ1) is 12.3. The minimum absolute atomic E-state index is 0.197. The summed E-state index contributed by atoms with van der Waals surface area (Å²) in [5.74, 6) is 0.516. The highest BCUT2D eigenvalue weighted by molar-refractivity contribution is 5.63. The second-order valence-corrected chi connectivity index (χ2v) is 4.65. The lowest BCUT2D eigenvalue weighted by Gasteiger charge is -2.02. The Balaban J connectivity index is 2.16. The van der Waals surface area contributed by atoms with Crippen molar-refractivity contribution in [3.8, 4) is 22.6 Å². The van der Waals surface area contributed by atoms with Gasteiger partial charge in [-0.1, -0.05) is 0 Å². The number of aromatic nitrogens is 6. The van der Waals surface area contributed by atoms with E-state index >= 15 is 0 Å². The van der Waals surface area contributed by atoms with Crippen molar-refractivity contribution in [1.29, 1.82) is 0 Å². The number of hydrogen-bond acceptors (Lipinski definition) is 4. The van der Waals surface area contributed by atoms with Crippen LogP contribution in [0.5, 0.6) is 0 Å². The molecule has 0 radical (unpaired) electrons. The molecule has 3 heterocycles. The van der Waals surface area contributed by atoms with Crippen molar-refractivity contribution in [1.82, 2.24) is 29.5 Å². The number of H-pyrrole nitrogens is 1. The lowest BCUT2D eigenvalue weighted by Crippen LogP contribution is -2.08. The zero-order valence-electron chi connectivity index (χ0n) is 11.5. The van der Waals surface area contributed by atoms with Crippen molar-refractivity contribution in [3.05, 3.63) is 40.7 Å². The van der Waals surface area contributed by atoms with Gasteiger partial charge in [-0.3, -0.25) is 14.2 Å². The van der Waals surface area contributed by atoms with Gasteiger partial charge in [0, 0.05) is 37.6 Å². The Morgan fingerprint density at radius 1 is 1.20 bits per heavy atom. The standard InChI is InChI=1S/C13H14N6O/c1-8-10(6-15-19(8)3)13-16-11(4-12(20)17-13)9-5-14-18(2)7-9/h4-7H,1-3H3,(H,16,17,20). The van der Waals surface area contributed by atoms with Crippen LogP contribution in [0.2, 0.25) is 0 Å². The highest BCUT2D eigenvalue weighted by atomic mass is 16.1. The van der Waals surface area contributed by atoms with Gasteiger partial charge in [0.05, 0.1) is 23.7 Å². The van der Waals surface area contributed by atoms with Gasteiger partial charge < -0.3 is 4.98 Å². The van der Waals surface area contributed by atoms with Crippen molar-refractivity contribution < 1.29 is 0 Å². The third-order valence-electron chi connectivity index (χ3n) is 3.23. The summed E-state index contributed by atoms with van der Waals surface area (Å²) in [4.78, 5) is 19.1. The highest BCUT2D eigenvalue weighted by Gasteiger charge is 2.11. The van der Waals surface area contributed by atoms with E-state index < -0.39 is 0 Å². The molecule has 1 N–H and O–H groups in total. The first-order valence-electron chi connectivity index (χ1n) is 6.14. The number of hydrogen-bond donors (Lipinski definition) is 1. The number of aryl methyl sites for hydroxylation is 2. The quantitative estimate of drug-likeness (QED) is 0.749. The summed E-state index contributed by atoms with van der Waals surface area (Å²) in [5, 5.41) is 8.26. The molecule has 0 unspecified atom stereocenters. The number of rotatable bonds is 2. The third kappa shape index (κ3) is 2.03. The van der Waals surface area contributed by atoms with Gasteiger partial charge in [0.1, 0.15) is 5.82 Å². The zero-order chi connectivity index (χ0) is 14.3. The van der Waals surface area contributed by atoms with Crippen LogP contribution >= 0.6 is 0 Å². The summed E-state index contributed by atoms with van der Waals surface area (Å²) in [7, 11) is 3.67. The van der Waals surface area contributed by atoms with Crippen LogP contribution in [0, 0.1) is 6.92 Å². The van der Waals surface area contributed by atoms with E-state index in [1.807, 2.05) is 27.2 Å². The summed E-state index contributed by atoms with van der Waals surface area (Å²) >= 11 is 0. The number of nitrogens with zero attached hydrogens (tertiary/aromatic N) is 5. The second-order valence-electron chi connectivity index (χ2n) is 4.65. The van der Waals surface area contributed by atoms with Gasteiger partial charge in [-0.2, -0.15) is 10.2 Å². The van der Waals surface area contributed by atoms with Crippen LogP contribution in [0.15, 0.2) is 29.5 Å². The molecule has 0 aliphatic carbocycles. The van der Waals surface area contributed by atoms with Crippen molar-refractivity contribution in [2.45, 2.75) is 6.92 Å². The molecule has 0 aliphatic heterocycles. The average molecular weight is 270 g/mol. The third-order valence-corrected chi connectivity index (χ3v) is 3.23. The van der Waals surface area contributed by atoms with Gasteiger partial charge in [0.25, 0.3) is 5.56 Å². The molecule has 0 spiro atoms. The summed E-state index contributed by atoms with van der Waals surface area (Å²) in [6, 6.07) is 1.46. The molecule has 0 aliphatic rings. The fraction of sp³-hybridized carbons (Fsp3) is 0.231. The Labute approximate surface area is 114 Å². The molecular formula is C13H14N6O. The molecule has 0 amide bonds. The molecule has 7 heteroatoms. The Hall–Kier alpha value is -2.70. The Morgan fingerprint density at radius 3 is 2.60 bits per heavy atom. The van der Waals surface area contributed by atoms with Crippen LogP contribution in [0.4, 0.5) is 0 Å². The molecule has 3 rings (SSSR count). The van der Waals surface area contributed by atoms with Crippen LogP contribution in [-0.2, 0) is 14.1 Å². The maximum atomic E-state index is 11.8. The molecule has 0 fully saturated rings. The molecule has 20 heavy (non-hydrogen) atoms. The largest absolute Gasteiger partial charge is 0.306 e. The predicted octanol–water partition coefficient (Wildman–Crippen LogP) is 0.879. The average Bonchev–Trinajstić information content (AvgIpc) is 2.97. The van der Waals surface area contributed by atoms with E-state index in [4.69, 9.17) is 0 Å². The van der Waals surface area contributed by atoms with Gasteiger partial charge in [0.2, 0.25) is 0 Å². The minimum atomic E-state index is -0.197. The van der Waals surface area contributed by atoms with E-state index in [-0.39, 0.29) is 5.56 Å². The van der Waals surface area contributed by atoms with Gasteiger partial charge in [0.15, 0.2) is 0 Å². The predicted molar refractivity (Wildman–Crippen MR) is 74.0 cm³/mol. The lowest BCUT2D eigenvalue weighted by molar-refractivity contribution is 0.740. The highest BCUT2D eigenvalue weighted by Crippen LogP contribution is 2.21. The Morgan fingerprint density at radius 2 is 2.00 bits per heavy atom. The zero-order valence-corrected chi connectivity index (χ0v) is 11.5. The smallest absolute Gasteiger partial charge is 0.251 e. The molecule has 0 atom stereocenters. The SMILES string of the molecule is Cc1c(-c2nc(-c3cnn(C)c3)cc(=O)[nH]2)cnn1C. The molecule has 7 nitrogen and oxygen atoms in total. The summed E-state index contributed by atoms with van der Waals surface area (Å²) in [6.45, 7) is 1.93. The van der Waals surface area contributed by atoms with Crippen LogP contribution in [-0.4, -0.2) is 29.5 Å². The van der Waals surface area contributed by atoms with Crippen LogP contribution in [0.1, 0.15) is 5.69 Å². The van der Waals surface area contributed by atoms with E-state index in [9.17, 15) is 4.79 Å². The summed E-state index contributed by atoms with van der Waals surface area (Å²) in [6.07, 6.45) is 5.20. The number of aromatic amines is 1. The fourth-order valence-corrected chi connectivity index (χ4v) is 2.02. The molecule has 0 saturated carbocycles. The van der Waals surface area contributed by atoms with Crippen molar-refractivity contribution in [2.24, 2.45) is 14.1 Å². The van der Waals surface area contributed by atoms with E-state index in [2.05, 4.69) is 20.2 Å². The second kappa shape index (κ2) is 4.44. The van der Waals surface area contributed by atoms with Crippen molar-refractivity contribution >= 4 is 0 Å². The van der Waals surface area contributed by atoms with Crippen LogP contribution in [0.25, 0.3) is 22.6 Å². The van der Waals surface area contributed by atoms with E-state index in [1.165, 1.54) is 6.07 Å². The van der Waals surface area contributed by atoms with Crippen LogP contribution < -0.4 is 5.56 Å². The van der Waals surface area contributed by atoms with E-state index in [0.29, 0.717) is 11.5 Å². The molecule has 102 valence electrons. The van der Waals surface area contributed by atoms with Gasteiger partial charge in [-0.15, -0.1) is 0 Å². The maximum absolute atomic E-state index is 11.8. The molecule has 0 bridgehead atoms. The van der Waals surface area contributed by atoms with Gasteiger partial charge in [-0.05, 0) is 6.92 Å². The van der Waals surface area contributed by atoms with Gasteiger partial charge >= 0.3 is 0 Å².